The highest BCUT2D eigenvalue weighted by molar-refractivity contribution is 6.26. The average Bonchev–Trinajstić information content (AvgIpc) is 2.27. The van der Waals surface area contributed by atoms with Crippen molar-refractivity contribution in [2.24, 2.45) is 10.9 Å². The molecule has 1 aliphatic heterocycles. The molecule has 15 heavy (non-hydrogen) atoms. The van der Waals surface area contributed by atoms with Gasteiger partial charge in [0.15, 0.2) is 0 Å². The van der Waals surface area contributed by atoms with Crippen LogP contribution in [0.4, 0.5) is 0 Å². The Morgan fingerprint density at radius 1 is 1.60 bits per heavy atom. The Kier molecular flexibility index (Phi) is 2.70. The van der Waals surface area contributed by atoms with Crippen LogP contribution in [0.25, 0.3) is 0 Å². The molecule has 1 saturated carbocycles. The van der Waals surface area contributed by atoms with Gasteiger partial charge in [-0.1, -0.05) is 0 Å². The molecule has 1 N–H and O–H groups in total. The molecule has 1 heterocycles. The van der Waals surface area contributed by atoms with Crippen LogP contribution in [0.15, 0.2) is 4.99 Å². The van der Waals surface area contributed by atoms with E-state index in [-0.39, 0.29) is 29.9 Å². The number of hydrogen-bond acceptors (Lipinski definition) is 4. The van der Waals surface area contributed by atoms with E-state index in [9.17, 15) is 9.59 Å². The fraction of sp³-hybridized carbons (Fsp3) is 0.700. The van der Waals surface area contributed by atoms with Crippen LogP contribution < -0.4 is 5.32 Å². The minimum atomic E-state index is -0.166. The molecular weight excluding hydrogens is 196 g/mol. The van der Waals surface area contributed by atoms with E-state index < -0.39 is 0 Å². The van der Waals surface area contributed by atoms with Gasteiger partial charge in [0.05, 0.1) is 31.3 Å². The lowest BCUT2D eigenvalue weighted by Crippen LogP contribution is -2.50. The van der Waals surface area contributed by atoms with Crippen molar-refractivity contribution in [2.45, 2.75) is 31.3 Å². The molecule has 5 nitrogen and oxygen atoms in total. The van der Waals surface area contributed by atoms with E-state index in [1.807, 2.05) is 0 Å². The highest BCUT2D eigenvalue weighted by Gasteiger charge is 2.36. The number of esters is 1. The van der Waals surface area contributed by atoms with Crippen LogP contribution in [-0.2, 0) is 14.3 Å². The molecule has 2 aliphatic rings. The Morgan fingerprint density at radius 2 is 2.40 bits per heavy atom. The Labute approximate surface area is 87.9 Å². The molecule has 0 aromatic heterocycles. The van der Waals surface area contributed by atoms with Crippen molar-refractivity contribution in [1.82, 2.24) is 5.32 Å². The van der Waals surface area contributed by atoms with Gasteiger partial charge in [-0.15, -0.1) is 0 Å². The summed E-state index contributed by atoms with van der Waals surface area (Å²) in [5.74, 6) is -0.364. The lowest BCUT2D eigenvalue weighted by Gasteiger charge is -2.34. The van der Waals surface area contributed by atoms with Crippen LogP contribution in [-0.4, -0.2) is 37.3 Å². The second-order valence-electron chi connectivity index (χ2n) is 3.99. The molecule has 3 atom stereocenters. The molecule has 3 unspecified atom stereocenters. The molecule has 1 amide bonds. The molecule has 0 saturated heterocycles. The molecule has 0 aromatic carbocycles. The third kappa shape index (κ3) is 2.00. The first-order chi connectivity index (χ1) is 7.20. The lowest BCUT2D eigenvalue weighted by molar-refractivity contribution is -0.146. The number of carbonyl (C=O) groups excluding carboxylic acids is 2. The maximum atomic E-state index is 11.3. The van der Waals surface area contributed by atoms with Gasteiger partial charge in [-0.05, 0) is 19.3 Å². The second-order valence-corrected chi connectivity index (χ2v) is 3.99. The Balaban J connectivity index is 2.02. The standard InChI is InChI=1S/C10H14N2O3/c1-15-10(14)6-2-3-7-8(4-6)11-5-9(13)12-7/h5-8H,2-4H2,1H3,(H,12,13). The van der Waals surface area contributed by atoms with Crippen molar-refractivity contribution in [2.75, 3.05) is 7.11 Å². The summed E-state index contributed by atoms with van der Waals surface area (Å²) >= 11 is 0. The zero-order valence-electron chi connectivity index (χ0n) is 8.60. The lowest BCUT2D eigenvalue weighted by atomic mass is 9.82. The van der Waals surface area contributed by atoms with Crippen molar-refractivity contribution in [3.63, 3.8) is 0 Å². The van der Waals surface area contributed by atoms with E-state index in [1.54, 1.807) is 0 Å². The van der Waals surface area contributed by atoms with Gasteiger partial charge in [0, 0.05) is 0 Å². The summed E-state index contributed by atoms with van der Waals surface area (Å²) < 4.78 is 4.71. The number of aliphatic imine (C=N–C) groups is 1. The SMILES string of the molecule is COC(=O)C1CCC2NC(=O)C=NC2C1. The summed E-state index contributed by atoms with van der Waals surface area (Å²) in [6.07, 6.45) is 3.55. The first-order valence-electron chi connectivity index (χ1n) is 5.12. The van der Waals surface area contributed by atoms with Crippen LogP contribution in [0.2, 0.25) is 0 Å². The summed E-state index contributed by atoms with van der Waals surface area (Å²) in [5, 5.41) is 2.86. The monoisotopic (exact) mass is 210 g/mol. The number of rotatable bonds is 1. The molecule has 0 aromatic rings. The first-order valence-corrected chi connectivity index (χ1v) is 5.12. The Morgan fingerprint density at radius 3 is 3.13 bits per heavy atom. The molecule has 0 bridgehead atoms. The maximum absolute atomic E-state index is 11.3. The van der Waals surface area contributed by atoms with Gasteiger partial charge in [0.25, 0.3) is 5.91 Å². The number of nitrogens with zero attached hydrogens (tertiary/aromatic N) is 1. The summed E-state index contributed by atoms with van der Waals surface area (Å²) in [7, 11) is 1.40. The van der Waals surface area contributed by atoms with Crippen LogP contribution in [0.5, 0.6) is 0 Å². The zero-order chi connectivity index (χ0) is 10.8. The van der Waals surface area contributed by atoms with Gasteiger partial charge in [-0.25, -0.2) is 0 Å². The van der Waals surface area contributed by atoms with Gasteiger partial charge in [0.2, 0.25) is 0 Å². The third-order valence-electron chi connectivity index (χ3n) is 3.06. The molecule has 2 rings (SSSR count). The summed E-state index contributed by atoms with van der Waals surface area (Å²) in [5.41, 5.74) is 0. The summed E-state index contributed by atoms with van der Waals surface area (Å²) in [6.45, 7) is 0. The number of amides is 1. The minimum Gasteiger partial charge on any atom is -0.469 e. The molecular formula is C10H14N2O3. The van der Waals surface area contributed by atoms with Crippen molar-refractivity contribution < 1.29 is 14.3 Å². The average molecular weight is 210 g/mol. The van der Waals surface area contributed by atoms with Crippen LogP contribution in [0, 0.1) is 5.92 Å². The number of fused-ring (bicyclic) bond motifs is 1. The molecule has 0 spiro atoms. The molecule has 82 valence electrons. The van der Waals surface area contributed by atoms with Crippen LogP contribution >= 0.6 is 0 Å². The van der Waals surface area contributed by atoms with Gasteiger partial charge in [-0.3, -0.25) is 14.6 Å². The number of methoxy groups -OCH3 is 1. The Hall–Kier alpha value is -1.39. The van der Waals surface area contributed by atoms with E-state index in [0.29, 0.717) is 6.42 Å². The summed E-state index contributed by atoms with van der Waals surface area (Å²) in [4.78, 5) is 26.5. The maximum Gasteiger partial charge on any atom is 0.308 e. The van der Waals surface area contributed by atoms with Crippen molar-refractivity contribution >= 4 is 18.1 Å². The predicted molar refractivity (Wildman–Crippen MR) is 53.6 cm³/mol. The normalized spacial score (nSPS) is 34.2. The number of ether oxygens (including phenoxy) is 1. The largest absolute Gasteiger partial charge is 0.469 e. The molecule has 5 heteroatoms. The van der Waals surface area contributed by atoms with E-state index in [2.05, 4.69) is 10.3 Å². The van der Waals surface area contributed by atoms with E-state index in [0.717, 1.165) is 12.8 Å². The zero-order valence-corrected chi connectivity index (χ0v) is 8.60. The van der Waals surface area contributed by atoms with E-state index in [1.165, 1.54) is 13.3 Å². The topological polar surface area (TPSA) is 67.8 Å². The predicted octanol–water partition coefficient (Wildman–Crippen LogP) is -0.103. The number of nitrogens with one attached hydrogen (secondary N) is 1. The van der Waals surface area contributed by atoms with Gasteiger partial charge in [-0.2, -0.15) is 0 Å². The van der Waals surface area contributed by atoms with Gasteiger partial charge < -0.3 is 10.1 Å². The van der Waals surface area contributed by atoms with Crippen LogP contribution in [0.1, 0.15) is 19.3 Å². The Bertz CT molecular complexity index is 314. The number of carbonyl (C=O) groups is 2. The van der Waals surface area contributed by atoms with Crippen molar-refractivity contribution in [3.8, 4) is 0 Å². The molecule has 0 radical (unpaired) electrons. The first kappa shape index (κ1) is 10.1. The number of hydrogen-bond donors (Lipinski definition) is 1. The highest BCUT2D eigenvalue weighted by Crippen LogP contribution is 2.28. The van der Waals surface area contributed by atoms with Crippen molar-refractivity contribution in [1.29, 1.82) is 0 Å². The third-order valence-corrected chi connectivity index (χ3v) is 3.06. The molecule has 1 fully saturated rings. The van der Waals surface area contributed by atoms with E-state index >= 15 is 0 Å². The summed E-state index contributed by atoms with van der Waals surface area (Å²) in [6, 6.07) is 0.143. The van der Waals surface area contributed by atoms with Crippen molar-refractivity contribution in [3.05, 3.63) is 0 Å². The van der Waals surface area contributed by atoms with Gasteiger partial charge >= 0.3 is 5.97 Å². The fourth-order valence-corrected chi connectivity index (χ4v) is 2.24. The van der Waals surface area contributed by atoms with Gasteiger partial charge in [0.1, 0.15) is 0 Å². The minimum absolute atomic E-state index is 0.0422. The smallest absolute Gasteiger partial charge is 0.308 e. The quantitative estimate of drug-likeness (QED) is 0.614. The highest BCUT2D eigenvalue weighted by atomic mass is 16.5. The molecule has 1 aliphatic carbocycles. The fourth-order valence-electron chi connectivity index (χ4n) is 2.24. The second kappa shape index (κ2) is 4.00. The van der Waals surface area contributed by atoms with Crippen LogP contribution in [0.3, 0.4) is 0 Å². The van der Waals surface area contributed by atoms with E-state index in [4.69, 9.17) is 4.74 Å².